The molecular formula is C10H12O3. The van der Waals surface area contributed by atoms with Crippen molar-refractivity contribution < 1.29 is 14.3 Å². The minimum absolute atomic E-state index is 0.00724. The number of carbonyl (C=O) groups is 2. The second-order valence-electron chi connectivity index (χ2n) is 3.19. The van der Waals surface area contributed by atoms with Crippen LogP contribution in [0.3, 0.4) is 0 Å². The maximum absolute atomic E-state index is 11.1. The Morgan fingerprint density at radius 1 is 1.62 bits per heavy atom. The van der Waals surface area contributed by atoms with E-state index in [2.05, 4.69) is 0 Å². The molecule has 1 unspecified atom stereocenters. The topological polar surface area (TPSA) is 43.4 Å². The van der Waals surface area contributed by atoms with E-state index >= 15 is 0 Å². The Bertz CT molecular complexity index is 289. The molecule has 1 aliphatic carbocycles. The number of hydrogen-bond acceptors (Lipinski definition) is 3. The Kier molecular flexibility index (Phi) is 2.78. The monoisotopic (exact) mass is 180 g/mol. The zero-order chi connectivity index (χ0) is 9.90. The van der Waals surface area contributed by atoms with Gasteiger partial charge in [-0.2, -0.15) is 0 Å². The number of carbonyl (C=O) groups excluding carboxylic acids is 2. The van der Waals surface area contributed by atoms with Gasteiger partial charge in [0.25, 0.3) is 0 Å². The van der Waals surface area contributed by atoms with Gasteiger partial charge in [0.2, 0.25) is 0 Å². The van der Waals surface area contributed by atoms with Crippen molar-refractivity contribution >= 4 is 12.1 Å². The first kappa shape index (κ1) is 9.86. The van der Waals surface area contributed by atoms with Crippen molar-refractivity contribution in [3.63, 3.8) is 0 Å². The largest absolute Gasteiger partial charge is 0.360 e. The van der Waals surface area contributed by atoms with E-state index in [0.29, 0.717) is 11.9 Å². The standard InChI is InChI=1S/C10H12O3/c1-8-7-10(2,13-6-5-11)4-3-9(8)12/h3-5,7H,6H2,1-2H3. The molecule has 0 N–H and O–H groups in total. The highest BCUT2D eigenvalue weighted by atomic mass is 16.5. The average Bonchev–Trinajstić information content (AvgIpc) is 2.09. The Labute approximate surface area is 77.1 Å². The minimum Gasteiger partial charge on any atom is -0.360 e. The van der Waals surface area contributed by atoms with Crippen molar-refractivity contribution in [2.45, 2.75) is 19.4 Å². The molecule has 0 heterocycles. The molecule has 0 aromatic rings. The van der Waals surface area contributed by atoms with Crippen LogP contribution in [0.4, 0.5) is 0 Å². The number of aldehydes is 1. The molecule has 0 spiro atoms. The van der Waals surface area contributed by atoms with Crippen LogP contribution in [0.25, 0.3) is 0 Å². The van der Waals surface area contributed by atoms with Gasteiger partial charge in [-0.3, -0.25) is 4.79 Å². The van der Waals surface area contributed by atoms with Crippen LogP contribution in [0, 0.1) is 0 Å². The lowest BCUT2D eigenvalue weighted by Crippen LogP contribution is -2.28. The summed E-state index contributed by atoms with van der Waals surface area (Å²) in [6.07, 6.45) is 5.55. The summed E-state index contributed by atoms with van der Waals surface area (Å²) in [6, 6.07) is 0. The third kappa shape index (κ3) is 2.36. The van der Waals surface area contributed by atoms with E-state index in [0.717, 1.165) is 0 Å². The van der Waals surface area contributed by atoms with Crippen LogP contribution in [-0.2, 0) is 14.3 Å². The minimum atomic E-state index is -0.612. The molecule has 1 rings (SSSR count). The normalized spacial score (nSPS) is 27.2. The van der Waals surface area contributed by atoms with E-state index < -0.39 is 5.60 Å². The molecule has 0 aliphatic heterocycles. The maximum Gasteiger partial charge on any atom is 0.181 e. The quantitative estimate of drug-likeness (QED) is 0.609. The van der Waals surface area contributed by atoms with Gasteiger partial charge >= 0.3 is 0 Å². The van der Waals surface area contributed by atoms with Crippen LogP contribution in [0.2, 0.25) is 0 Å². The second kappa shape index (κ2) is 3.66. The number of allylic oxidation sites excluding steroid dienone is 2. The number of ketones is 1. The van der Waals surface area contributed by atoms with Crippen LogP contribution < -0.4 is 0 Å². The molecule has 70 valence electrons. The van der Waals surface area contributed by atoms with Crippen LogP contribution in [0.15, 0.2) is 23.8 Å². The van der Waals surface area contributed by atoms with E-state index in [9.17, 15) is 9.59 Å². The molecule has 1 atom stereocenters. The summed E-state index contributed by atoms with van der Waals surface area (Å²) in [5.41, 5.74) is 0.0368. The molecule has 0 aromatic carbocycles. The molecule has 3 nitrogen and oxygen atoms in total. The molecule has 0 saturated carbocycles. The Hall–Kier alpha value is -1.22. The average molecular weight is 180 g/mol. The summed E-state index contributed by atoms with van der Waals surface area (Å²) in [7, 11) is 0. The third-order valence-corrected chi connectivity index (χ3v) is 1.92. The Morgan fingerprint density at radius 3 is 2.85 bits per heavy atom. The van der Waals surface area contributed by atoms with Gasteiger partial charge in [0, 0.05) is 0 Å². The van der Waals surface area contributed by atoms with Crippen LogP contribution >= 0.6 is 0 Å². The van der Waals surface area contributed by atoms with Crippen molar-refractivity contribution in [1.29, 1.82) is 0 Å². The summed E-state index contributed by atoms with van der Waals surface area (Å²) in [5, 5.41) is 0. The van der Waals surface area contributed by atoms with Gasteiger partial charge in [-0.15, -0.1) is 0 Å². The van der Waals surface area contributed by atoms with E-state index in [-0.39, 0.29) is 12.4 Å². The first-order valence-electron chi connectivity index (χ1n) is 4.08. The molecule has 0 saturated heterocycles. The summed E-state index contributed by atoms with van der Waals surface area (Å²) in [6.45, 7) is 3.58. The highest BCUT2D eigenvalue weighted by molar-refractivity contribution is 6.04. The van der Waals surface area contributed by atoms with E-state index in [1.54, 1.807) is 19.1 Å². The first-order valence-corrected chi connectivity index (χ1v) is 4.08. The zero-order valence-corrected chi connectivity index (χ0v) is 7.74. The van der Waals surface area contributed by atoms with Gasteiger partial charge in [-0.05, 0) is 37.6 Å². The zero-order valence-electron chi connectivity index (χ0n) is 7.74. The molecule has 0 fully saturated rings. The molecule has 1 aliphatic rings. The summed E-state index contributed by atoms with van der Waals surface area (Å²) in [5.74, 6) is -0.00724. The smallest absolute Gasteiger partial charge is 0.181 e. The molecule has 0 amide bonds. The SMILES string of the molecule is CC1=CC(C)(OCC=O)C=CC1=O. The molecular weight excluding hydrogens is 168 g/mol. The van der Waals surface area contributed by atoms with Gasteiger partial charge < -0.3 is 9.53 Å². The predicted octanol–water partition coefficient (Wildman–Crippen LogP) is 1.05. The lowest BCUT2D eigenvalue weighted by atomic mass is 9.94. The highest BCUT2D eigenvalue weighted by Gasteiger charge is 2.23. The third-order valence-electron chi connectivity index (χ3n) is 1.92. The van der Waals surface area contributed by atoms with Gasteiger partial charge in [0.1, 0.15) is 18.5 Å². The van der Waals surface area contributed by atoms with Crippen molar-refractivity contribution in [2.75, 3.05) is 6.61 Å². The molecule has 0 radical (unpaired) electrons. The molecule has 0 bridgehead atoms. The number of rotatable bonds is 3. The van der Waals surface area contributed by atoms with Crippen LogP contribution in [0.5, 0.6) is 0 Å². The molecule has 13 heavy (non-hydrogen) atoms. The number of hydrogen-bond donors (Lipinski definition) is 0. The second-order valence-corrected chi connectivity index (χ2v) is 3.19. The molecule has 3 heteroatoms. The lowest BCUT2D eigenvalue weighted by Gasteiger charge is -2.24. The van der Waals surface area contributed by atoms with E-state index in [1.165, 1.54) is 6.08 Å². The fourth-order valence-corrected chi connectivity index (χ4v) is 1.23. The highest BCUT2D eigenvalue weighted by Crippen LogP contribution is 2.21. The van der Waals surface area contributed by atoms with Crippen molar-refractivity contribution in [3.8, 4) is 0 Å². The first-order chi connectivity index (χ1) is 6.07. The maximum atomic E-state index is 11.1. The van der Waals surface area contributed by atoms with E-state index in [4.69, 9.17) is 4.74 Å². The van der Waals surface area contributed by atoms with Crippen LogP contribution in [-0.4, -0.2) is 24.3 Å². The van der Waals surface area contributed by atoms with E-state index in [1.807, 2.05) is 6.92 Å². The van der Waals surface area contributed by atoms with Crippen molar-refractivity contribution in [2.24, 2.45) is 0 Å². The Morgan fingerprint density at radius 2 is 2.31 bits per heavy atom. The summed E-state index contributed by atoms with van der Waals surface area (Å²) < 4.78 is 5.25. The van der Waals surface area contributed by atoms with Gasteiger partial charge in [0.05, 0.1) is 0 Å². The molecule has 0 aromatic heterocycles. The lowest BCUT2D eigenvalue weighted by molar-refractivity contribution is -0.114. The fourth-order valence-electron chi connectivity index (χ4n) is 1.23. The van der Waals surface area contributed by atoms with Crippen molar-refractivity contribution in [3.05, 3.63) is 23.8 Å². The van der Waals surface area contributed by atoms with Gasteiger partial charge in [-0.25, -0.2) is 0 Å². The summed E-state index contributed by atoms with van der Waals surface area (Å²) in [4.78, 5) is 21.2. The fraction of sp³-hybridized carbons (Fsp3) is 0.400. The van der Waals surface area contributed by atoms with Gasteiger partial charge in [-0.1, -0.05) is 0 Å². The van der Waals surface area contributed by atoms with Crippen molar-refractivity contribution in [1.82, 2.24) is 0 Å². The van der Waals surface area contributed by atoms with Crippen LogP contribution in [0.1, 0.15) is 13.8 Å². The summed E-state index contributed by atoms with van der Waals surface area (Å²) >= 11 is 0. The predicted molar refractivity (Wildman–Crippen MR) is 48.3 cm³/mol. The van der Waals surface area contributed by atoms with Gasteiger partial charge in [0.15, 0.2) is 5.78 Å². The Balaban J connectivity index is 2.76. The number of ether oxygens (including phenoxy) is 1.